The SMILES string of the molecule is O=C1CCN(C(=O)Cc2cccc(F)c2)c2ccccc21. The number of ketones is 1. The van der Waals surface area contributed by atoms with E-state index in [1.54, 1.807) is 41.3 Å². The van der Waals surface area contributed by atoms with Crippen molar-refractivity contribution < 1.29 is 14.0 Å². The zero-order valence-electron chi connectivity index (χ0n) is 11.4. The fourth-order valence-corrected chi connectivity index (χ4v) is 2.59. The molecule has 1 aliphatic heterocycles. The third-order valence-corrected chi connectivity index (χ3v) is 3.60. The third kappa shape index (κ3) is 2.70. The molecule has 0 spiro atoms. The predicted octanol–water partition coefficient (Wildman–Crippen LogP) is 2.99. The Hall–Kier alpha value is -2.49. The minimum atomic E-state index is -0.352. The lowest BCUT2D eigenvalue weighted by Crippen LogP contribution is -2.38. The van der Waals surface area contributed by atoms with E-state index >= 15 is 0 Å². The summed E-state index contributed by atoms with van der Waals surface area (Å²) in [6.45, 7) is 0.379. The van der Waals surface area contributed by atoms with Crippen molar-refractivity contribution >= 4 is 17.4 Å². The molecule has 4 heteroatoms. The van der Waals surface area contributed by atoms with Crippen LogP contribution < -0.4 is 4.90 Å². The van der Waals surface area contributed by atoms with Gasteiger partial charge in [0, 0.05) is 18.5 Å². The Kier molecular flexibility index (Phi) is 3.52. The lowest BCUT2D eigenvalue weighted by Gasteiger charge is -2.28. The van der Waals surface area contributed by atoms with Crippen LogP contribution in [0, 0.1) is 5.82 Å². The summed E-state index contributed by atoms with van der Waals surface area (Å²) in [4.78, 5) is 25.9. The second-order valence-electron chi connectivity index (χ2n) is 5.04. The Morgan fingerprint density at radius 1 is 1.14 bits per heavy atom. The van der Waals surface area contributed by atoms with Crippen molar-refractivity contribution in [3.63, 3.8) is 0 Å². The first kappa shape index (κ1) is 13.5. The Balaban J connectivity index is 1.86. The van der Waals surface area contributed by atoms with Crippen molar-refractivity contribution in [2.24, 2.45) is 0 Å². The molecule has 3 rings (SSSR count). The minimum Gasteiger partial charge on any atom is -0.311 e. The van der Waals surface area contributed by atoms with Crippen LogP contribution in [0.3, 0.4) is 0 Å². The van der Waals surface area contributed by atoms with Crippen LogP contribution in [0.25, 0.3) is 0 Å². The molecule has 3 nitrogen and oxygen atoms in total. The topological polar surface area (TPSA) is 37.4 Å². The fourth-order valence-electron chi connectivity index (χ4n) is 2.59. The van der Waals surface area contributed by atoms with Gasteiger partial charge < -0.3 is 4.90 Å². The number of carbonyl (C=O) groups excluding carboxylic acids is 2. The minimum absolute atomic E-state index is 0.0559. The Bertz CT molecular complexity index is 711. The quantitative estimate of drug-likeness (QED) is 0.849. The number of benzene rings is 2. The van der Waals surface area contributed by atoms with E-state index in [1.165, 1.54) is 12.1 Å². The number of anilines is 1. The van der Waals surface area contributed by atoms with Crippen LogP contribution in [-0.2, 0) is 11.2 Å². The highest BCUT2D eigenvalue weighted by molar-refractivity contribution is 6.09. The zero-order chi connectivity index (χ0) is 14.8. The average Bonchev–Trinajstić information content (AvgIpc) is 2.48. The summed E-state index contributed by atoms with van der Waals surface area (Å²) < 4.78 is 13.2. The number of hydrogen-bond acceptors (Lipinski definition) is 2. The number of halogens is 1. The number of para-hydroxylation sites is 1. The van der Waals surface area contributed by atoms with Crippen molar-refractivity contribution in [2.45, 2.75) is 12.8 Å². The lowest BCUT2D eigenvalue weighted by molar-refractivity contribution is -0.118. The molecule has 0 saturated carbocycles. The number of nitrogens with zero attached hydrogens (tertiary/aromatic N) is 1. The van der Waals surface area contributed by atoms with E-state index in [4.69, 9.17) is 0 Å². The molecule has 0 radical (unpaired) electrons. The second-order valence-corrected chi connectivity index (χ2v) is 5.04. The van der Waals surface area contributed by atoms with Crippen molar-refractivity contribution in [1.29, 1.82) is 0 Å². The van der Waals surface area contributed by atoms with Crippen LogP contribution in [0.1, 0.15) is 22.3 Å². The first-order valence-corrected chi connectivity index (χ1v) is 6.82. The number of fused-ring (bicyclic) bond motifs is 1. The Morgan fingerprint density at radius 3 is 2.76 bits per heavy atom. The summed E-state index contributed by atoms with van der Waals surface area (Å²) in [6.07, 6.45) is 0.451. The summed E-state index contributed by atoms with van der Waals surface area (Å²) in [5.74, 6) is -0.421. The molecule has 1 amide bonds. The molecule has 2 aromatic carbocycles. The molecule has 0 fully saturated rings. The number of Topliss-reactive ketones (excluding diaryl/α,β-unsaturated/α-hetero) is 1. The van der Waals surface area contributed by atoms with Crippen molar-refractivity contribution in [2.75, 3.05) is 11.4 Å². The number of hydrogen-bond donors (Lipinski definition) is 0. The maximum absolute atomic E-state index is 13.2. The van der Waals surface area contributed by atoms with Gasteiger partial charge in [-0.05, 0) is 29.8 Å². The van der Waals surface area contributed by atoms with E-state index in [-0.39, 0.29) is 23.9 Å². The third-order valence-electron chi connectivity index (χ3n) is 3.60. The van der Waals surface area contributed by atoms with Crippen molar-refractivity contribution in [3.05, 3.63) is 65.5 Å². The van der Waals surface area contributed by atoms with Crippen molar-refractivity contribution in [3.8, 4) is 0 Å². The van der Waals surface area contributed by atoms with Gasteiger partial charge in [0.1, 0.15) is 5.82 Å². The van der Waals surface area contributed by atoms with Gasteiger partial charge in [-0.15, -0.1) is 0 Å². The normalized spacial score (nSPS) is 14.0. The number of amides is 1. The Labute approximate surface area is 122 Å². The highest BCUT2D eigenvalue weighted by Gasteiger charge is 2.26. The smallest absolute Gasteiger partial charge is 0.231 e. The molecular weight excluding hydrogens is 269 g/mol. The summed E-state index contributed by atoms with van der Waals surface area (Å²) in [5, 5.41) is 0. The first-order valence-electron chi connectivity index (χ1n) is 6.82. The van der Waals surface area contributed by atoms with E-state index < -0.39 is 0 Å². The molecule has 2 aromatic rings. The van der Waals surface area contributed by atoms with Crippen LogP contribution in [-0.4, -0.2) is 18.2 Å². The van der Waals surface area contributed by atoms with Crippen LogP contribution >= 0.6 is 0 Å². The summed E-state index contributed by atoms with van der Waals surface area (Å²) in [6, 6.07) is 13.1. The van der Waals surface area contributed by atoms with Crippen LogP contribution in [0.5, 0.6) is 0 Å². The van der Waals surface area contributed by atoms with Crippen molar-refractivity contribution in [1.82, 2.24) is 0 Å². The van der Waals surface area contributed by atoms with Gasteiger partial charge in [-0.1, -0.05) is 24.3 Å². The molecule has 0 saturated heterocycles. The monoisotopic (exact) mass is 283 g/mol. The molecule has 1 aliphatic rings. The van der Waals surface area contributed by atoms with Crippen LogP contribution in [0.2, 0.25) is 0 Å². The fraction of sp³-hybridized carbons (Fsp3) is 0.176. The number of rotatable bonds is 2. The standard InChI is InChI=1S/C17H14FNO2/c18-13-5-3-4-12(10-13)11-17(21)19-9-8-16(20)14-6-1-2-7-15(14)19/h1-7,10H,8-9,11H2. The second kappa shape index (κ2) is 5.48. The number of carbonyl (C=O) groups is 2. The van der Waals surface area contributed by atoms with Gasteiger partial charge in [-0.25, -0.2) is 4.39 Å². The molecular formula is C17H14FNO2. The molecule has 0 N–H and O–H groups in total. The van der Waals surface area contributed by atoms with Gasteiger partial charge in [-0.2, -0.15) is 0 Å². The molecule has 0 bridgehead atoms. The summed E-state index contributed by atoms with van der Waals surface area (Å²) in [7, 11) is 0. The molecule has 21 heavy (non-hydrogen) atoms. The van der Waals surface area contributed by atoms with E-state index in [9.17, 15) is 14.0 Å². The summed E-state index contributed by atoms with van der Waals surface area (Å²) in [5.41, 5.74) is 1.86. The van der Waals surface area contributed by atoms with Crippen LogP contribution in [0.15, 0.2) is 48.5 Å². The molecule has 106 valence electrons. The lowest BCUT2D eigenvalue weighted by atomic mass is 9.99. The van der Waals surface area contributed by atoms with Gasteiger partial charge >= 0.3 is 0 Å². The molecule has 0 unspecified atom stereocenters. The zero-order valence-corrected chi connectivity index (χ0v) is 11.4. The molecule has 0 aliphatic carbocycles. The van der Waals surface area contributed by atoms with Crippen LogP contribution in [0.4, 0.5) is 10.1 Å². The molecule has 1 heterocycles. The largest absolute Gasteiger partial charge is 0.311 e. The van der Waals surface area contributed by atoms with Gasteiger partial charge in [0.25, 0.3) is 0 Å². The highest BCUT2D eigenvalue weighted by atomic mass is 19.1. The highest BCUT2D eigenvalue weighted by Crippen LogP contribution is 2.27. The average molecular weight is 283 g/mol. The Morgan fingerprint density at radius 2 is 1.95 bits per heavy atom. The van der Waals surface area contributed by atoms with Gasteiger partial charge in [0.2, 0.25) is 5.91 Å². The van der Waals surface area contributed by atoms with Gasteiger partial charge in [0.05, 0.1) is 12.1 Å². The van der Waals surface area contributed by atoms with E-state index in [2.05, 4.69) is 0 Å². The van der Waals surface area contributed by atoms with E-state index in [0.29, 0.717) is 29.8 Å². The molecule has 0 atom stereocenters. The maximum atomic E-state index is 13.2. The summed E-state index contributed by atoms with van der Waals surface area (Å²) >= 11 is 0. The predicted molar refractivity (Wildman–Crippen MR) is 77.8 cm³/mol. The maximum Gasteiger partial charge on any atom is 0.231 e. The van der Waals surface area contributed by atoms with E-state index in [0.717, 1.165) is 0 Å². The van der Waals surface area contributed by atoms with Gasteiger partial charge in [-0.3, -0.25) is 9.59 Å². The molecule has 0 aromatic heterocycles. The van der Waals surface area contributed by atoms with Gasteiger partial charge in [0.15, 0.2) is 5.78 Å². The van der Waals surface area contributed by atoms with E-state index in [1.807, 2.05) is 0 Å². The first-order chi connectivity index (χ1) is 10.1.